The third-order valence-corrected chi connectivity index (χ3v) is 8.86. The van der Waals surface area contributed by atoms with Crippen LogP contribution in [0.1, 0.15) is 63.5 Å². The Kier molecular flexibility index (Phi) is 7.29. The molecule has 0 bridgehead atoms. The average Bonchev–Trinajstić information content (AvgIpc) is 3.18. The maximum absolute atomic E-state index is 12.1. The Hall–Kier alpha value is -0.980. The second kappa shape index (κ2) is 9.48. The first-order valence-corrected chi connectivity index (χ1v) is 12.7. The Morgan fingerprint density at radius 2 is 1.74 bits per heavy atom. The lowest BCUT2D eigenvalue weighted by Gasteiger charge is -2.28. The van der Waals surface area contributed by atoms with Gasteiger partial charge in [-0.3, -0.25) is 0 Å². The largest absolute Gasteiger partial charge is 0.310 e. The highest BCUT2D eigenvalue weighted by molar-refractivity contribution is 8.00. The standard InChI is InChI=1S/C21H32N2O2S2/c1-16(2)27(24,25)15-19-8-6-17(7-9-19)4-3-5-18-10-12-20(13-11-18)21-14-26-23-22-21/h10-14,16-17,19,22-23H,3-9,15H2,1-2H3. The summed E-state index contributed by atoms with van der Waals surface area (Å²) >= 11 is 1.56. The van der Waals surface area contributed by atoms with Crippen LogP contribution in [0.2, 0.25) is 0 Å². The lowest BCUT2D eigenvalue weighted by molar-refractivity contribution is 0.274. The van der Waals surface area contributed by atoms with E-state index in [0.717, 1.165) is 30.9 Å². The van der Waals surface area contributed by atoms with E-state index in [2.05, 4.69) is 39.9 Å². The van der Waals surface area contributed by atoms with Crippen molar-refractivity contribution in [3.8, 4) is 0 Å². The molecule has 1 aromatic carbocycles. The van der Waals surface area contributed by atoms with Gasteiger partial charge in [0.1, 0.15) is 0 Å². The zero-order chi connectivity index (χ0) is 19.3. The lowest BCUT2D eigenvalue weighted by Crippen LogP contribution is -2.26. The summed E-state index contributed by atoms with van der Waals surface area (Å²) in [5, 5.41) is 1.84. The van der Waals surface area contributed by atoms with Crippen LogP contribution in [0.3, 0.4) is 0 Å². The van der Waals surface area contributed by atoms with Crippen molar-refractivity contribution in [2.75, 3.05) is 5.75 Å². The van der Waals surface area contributed by atoms with Crippen molar-refractivity contribution in [3.05, 3.63) is 40.8 Å². The molecule has 0 unspecified atom stereocenters. The monoisotopic (exact) mass is 408 g/mol. The number of aryl methyl sites for hydroxylation is 1. The summed E-state index contributed by atoms with van der Waals surface area (Å²) < 4.78 is 24.2. The zero-order valence-electron chi connectivity index (χ0n) is 16.4. The summed E-state index contributed by atoms with van der Waals surface area (Å²) in [6.45, 7) is 3.59. The summed E-state index contributed by atoms with van der Waals surface area (Å²) in [5.74, 6) is 1.55. The summed E-state index contributed by atoms with van der Waals surface area (Å²) in [6, 6.07) is 8.83. The fourth-order valence-electron chi connectivity index (χ4n) is 4.00. The highest BCUT2D eigenvalue weighted by atomic mass is 32.2. The third-order valence-electron chi connectivity index (χ3n) is 5.92. The van der Waals surface area contributed by atoms with Crippen LogP contribution in [0.4, 0.5) is 0 Å². The molecule has 1 aliphatic heterocycles. The highest BCUT2D eigenvalue weighted by Crippen LogP contribution is 2.33. The molecular weight excluding hydrogens is 376 g/mol. The Balaban J connectivity index is 1.37. The van der Waals surface area contributed by atoms with Gasteiger partial charge in [-0.15, -0.1) is 0 Å². The Bertz CT molecular complexity index is 734. The molecule has 150 valence electrons. The van der Waals surface area contributed by atoms with Gasteiger partial charge in [0.2, 0.25) is 0 Å². The van der Waals surface area contributed by atoms with Gasteiger partial charge in [0.15, 0.2) is 9.84 Å². The maximum atomic E-state index is 12.1. The predicted octanol–water partition coefficient (Wildman–Crippen LogP) is 4.69. The molecule has 27 heavy (non-hydrogen) atoms. The van der Waals surface area contributed by atoms with E-state index >= 15 is 0 Å². The van der Waals surface area contributed by atoms with Crippen molar-refractivity contribution in [1.29, 1.82) is 0 Å². The van der Waals surface area contributed by atoms with Crippen LogP contribution >= 0.6 is 11.9 Å². The van der Waals surface area contributed by atoms with E-state index < -0.39 is 9.84 Å². The van der Waals surface area contributed by atoms with Crippen LogP contribution < -0.4 is 10.3 Å². The number of nitrogens with one attached hydrogen (secondary N) is 2. The number of hydrazine groups is 1. The molecule has 0 aromatic heterocycles. The van der Waals surface area contributed by atoms with Crippen LogP contribution in [0.25, 0.3) is 5.70 Å². The van der Waals surface area contributed by atoms with Gasteiger partial charge >= 0.3 is 0 Å². The van der Waals surface area contributed by atoms with Gasteiger partial charge in [0, 0.05) is 5.41 Å². The molecule has 0 amide bonds. The second-order valence-electron chi connectivity index (χ2n) is 8.23. The summed E-state index contributed by atoms with van der Waals surface area (Å²) in [5.41, 5.74) is 6.88. The van der Waals surface area contributed by atoms with E-state index in [1.54, 1.807) is 25.8 Å². The maximum Gasteiger partial charge on any atom is 0.152 e. The van der Waals surface area contributed by atoms with Crippen molar-refractivity contribution < 1.29 is 8.42 Å². The molecule has 4 nitrogen and oxygen atoms in total. The van der Waals surface area contributed by atoms with E-state index in [0.29, 0.717) is 11.7 Å². The summed E-state index contributed by atoms with van der Waals surface area (Å²) in [7, 11) is -2.89. The van der Waals surface area contributed by atoms with Gasteiger partial charge < -0.3 is 5.43 Å². The van der Waals surface area contributed by atoms with Gasteiger partial charge in [0.05, 0.1) is 16.7 Å². The van der Waals surface area contributed by atoms with Gasteiger partial charge in [-0.2, -0.15) is 4.83 Å². The van der Waals surface area contributed by atoms with Crippen molar-refractivity contribution in [2.24, 2.45) is 11.8 Å². The Labute approximate surface area is 168 Å². The van der Waals surface area contributed by atoms with Gasteiger partial charge in [0.25, 0.3) is 0 Å². The topological polar surface area (TPSA) is 58.2 Å². The van der Waals surface area contributed by atoms with Gasteiger partial charge in [-0.1, -0.05) is 43.5 Å². The van der Waals surface area contributed by atoms with Crippen molar-refractivity contribution >= 4 is 27.5 Å². The molecule has 1 saturated carbocycles. The molecule has 0 saturated heterocycles. The van der Waals surface area contributed by atoms with Crippen LogP contribution in [0.15, 0.2) is 29.7 Å². The fraction of sp³-hybridized carbons (Fsp3) is 0.619. The van der Waals surface area contributed by atoms with Crippen LogP contribution in [-0.2, 0) is 16.3 Å². The molecule has 6 heteroatoms. The zero-order valence-corrected chi connectivity index (χ0v) is 18.0. The van der Waals surface area contributed by atoms with E-state index in [1.165, 1.54) is 36.8 Å². The first kappa shape index (κ1) is 20.7. The predicted molar refractivity (Wildman–Crippen MR) is 116 cm³/mol. The molecule has 0 radical (unpaired) electrons. The lowest BCUT2D eigenvalue weighted by atomic mass is 9.80. The third kappa shape index (κ3) is 6.00. The first-order chi connectivity index (χ1) is 12.9. The molecule has 3 rings (SSSR count). The second-order valence-corrected chi connectivity index (χ2v) is 11.5. The summed E-state index contributed by atoms with van der Waals surface area (Å²) in [4.78, 5) is 3.02. The normalized spacial score (nSPS) is 23.3. The fourth-order valence-corrected chi connectivity index (χ4v) is 5.91. The minimum atomic E-state index is -2.89. The van der Waals surface area contributed by atoms with E-state index in [9.17, 15) is 8.42 Å². The molecule has 1 aliphatic carbocycles. The van der Waals surface area contributed by atoms with Crippen LogP contribution in [0.5, 0.6) is 0 Å². The number of rotatable bonds is 8. The van der Waals surface area contributed by atoms with Crippen molar-refractivity contribution in [2.45, 2.75) is 64.0 Å². The minimum Gasteiger partial charge on any atom is -0.310 e. The molecule has 1 fully saturated rings. The molecule has 0 atom stereocenters. The minimum absolute atomic E-state index is 0.239. The molecule has 0 spiro atoms. The molecule has 1 aromatic rings. The highest BCUT2D eigenvalue weighted by Gasteiger charge is 2.26. The van der Waals surface area contributed by atoms with E-state index in [-0.39, 0.29) is 5.25 Å². The van der Waals surface area contributed by atoms with Gasteiger partial charge in [-0.05, 0) is 74.4 Å². The van der Waals surface area contributed by atoms with E-state index in [1.807, 2.05) is 0 Å². The van der Waals surface area contributed by atoms with Crippen molar-refractivity contribution in [1.82, 2.24) is 10.3 Å². The first-order valence-electron chi connectivity index (χ1n) is 10.1. The average molecular weight is 409 g/mol. The number of benzene rings is 1. The number of sulfone groups is 1. The summed E-state index contributed by atoms with van der Waals surface area (Å²) in [6.07, 6.45) is 8.17. The molecular formula is C21H32N2O2S2. The molecule has 2 aliphatic rings. The van der Waals surface area contributed by atoms with Gasteiger partial charge in [-0.25, -0.2) is 8.42 Å². The number of hydrogen-bond donors (Lipinski definition) is 2. The molecule has 1 heterocycles. The molecule has 2 N–H and O–H groups in total. The number of hydrogen-bond acceptors (Lipinski definition) is 5. The quantitative estimate of drug-likeness (QED) is 0.611. The smallest absolute Gasteiger partial charge is 0.152 e. The van der Waals surface area contributed by atoms with Crippen LogP contribution in [-0.4, -0.2) is 19.4 Å². The Morgan fingerprint density at radius 3 is 2.33 bits per heavy atom. The van der Waals surface area contributed by atoms with Crippen molar-refractivity contribution in [3.63, 3.8) is 0 Å². The van der Waals surface area contributed by atoms with Crippen LogP contribution in [0, 0.1) is 11.8 Å². The SMILES string of the molecule is CC(C)S(=O)(=O)CC1CCC(CCCc2ccc(C3=CSNN3)cc2)CC1. The van der Waals surface area contributed by atoms with E-state index in [4.69, 9.17) is 0 Å². The Morgan fingerprint density at radius 1 is 1.07 bits per heavy atom.